The van der Waals surface area contributed by atoms with Crippen molar-refractivity contribution in [1.29, 1.82) is 0 Å². The molecule has 0 amide bonds. The smallest absolute Gasteiger partial charge is 0.338 e. The van der Waals surface area contributed by atoms with Crippen molar-refractivity contribution < 1.29 is 33.3 Å². The van der Waals surface area contributed by atoms with Crippen LogP contribution in [-0.2, 0) is 25.5 Å². The lowest BCUT2D eigenvalue weighted by Crippen LogP contribution is -2.29. The Morgan fingerprint density at radius 2 is 1.31 bits per heavy atom. The second-order valence-electron chi connectivity index (χ2n) is 10.2. The molecule has 0 spiro atoms. The Balaban J connectivity index is 1.32. The molecule has 0 heterocycles. The number of hydrogen-bond donors (Lipinski definition) is 0. The van der Waals surface area contributed by atoms with Crippen LogP contribution >= 0.6 is 0 Å². The highest BCUT2D eigenvalue weighted by Crippen LogP contribution is 2.31. The zero-order chi connectivity index (χ0) is 27.9. The Kier molecular flexibility index (Phi) is 12.8. The molecule has 0 saturated heterocycles. The average Bonchev–Trinajstić information content (AvgIpc) is 2.97. The molecule has 7 heteroatoms. The van der Waals surface area contributed by atoms with Crippen molar-refractivity contribution in [3.05, 3.63) is 59.7 Å². The van der Waals surface area contributed by atoms with Gasteiger partial charge in [0.15, 0.2) is 0 Å². The summed E-state index contributed by atoms with van der Waals surface area (Å²) in [6.45, 7) is 3.15. The molecule has 2 aromatic carbocycles. The molecule has 212 valence electrons. The molecule has 0 unspecified atom stereocenters. The third kappa shape index (κ3) is 10.4. The number of methoxy groups -OCH3 is 1. The molecule has 1 aliphatic carbocycles. The Bertz CT molecular complexity index is 1020. The molecule has 2 aromatic rings. The van der Waals surface area contributed by atoms with Crippen molar-refractivity contribution in [3.63, 3.8) is 0 Å². The first-order chi connectivity index (χ1) is 19.0. The van der Waals surface area contributed by atoms with E-state index in [0.717, 1.165) is 17.7 Å². The summed E-state index contributed by atoms with van der Waals surface area (Å²) in [6.07, 6.45) is 10.4. The Morgan fingerprint density at radius 1 is 0.718 bits per heavy atom. The fourth-order valence-corrected chi connectivity index (χ4v) is 4.76. The summed E-state index contributed by atoms with van der Waals surface area (Å²) in [5, 5.41) is 0. The number of carbonyl (C=O) groups is 3. The third-order valence-electron chi connectivity index (χ3n) is 7.22. The van der Waals surface area contributed by atoms with E-state index in [0.29, 0.717) is 50.0 Å². The van der Waals surface area contributed by atoms with Gasteiger partial charge in [-0.3, -0.25) is 9.59 Å². The van der Waals surface area contributed by atoms with Gasteiger partial charge in [-0.05, 0) is 74.1 Å². The molecule has 1 aliphatic rings. The van der Waals surface area contributed by atoms with Crippen LogP contribution in [0.2, 0.25) is 0 Å². The minimum Gasteiger partial charge on any atom is -0.494 e. The van der Waals surface area contributed by atoms with Crippen LogP contribution in [0, 0.1) is 11.8 Å². The van der Waals surface area contributed by atoms with E-state index in [1.807, 2.05) is 12.1 Å². The number of unbranched alkanes of at least 4 members (excludes halogenated alkanes) is 5. The van der Waals surface area contributed by atoms with E-state index in [1.165, 1.54) is 39.2 Å². The summed E-state index contributed by atoms with van der Waals surface area (Å²) in [6, 6.07) is 14.3. The number of carbonyl (C=O) groups excluding carboxylic acids is 3. The van der Waals surface area contributed by atoms with Crippen LogP contribution in [-0.4, -0.2) is 38.2 Å². The minimum atomic E-state index is -0.370. The molecule has 7 nitrogen and oxygen atoms in total. The number of ether oxygens (including phenoxy) is 4. The lowest BCUT2D eigenvalue weighted by Gasteiger charge is -2.25. The lowest BCUT2D eigenvalue weighted by atomic mass is 9.82. The van der Waals surface area contributed by atoms with E-state index >= 15 is 0 Å². The van der Waals surface area contributed by atoms with Gasteiger partial charge in [-0.15, -0.1) is 0 Å². The second-order valence-corrected chi connectivity index (χ2v) is 10.2. The maximum Gasteiger partial charge on any atom is 0.338 e. The Morgan fingerprint density at radius 3 is 1.95 bits per heavy atom. The molecule has 1 saturated carbocycles. The first kappa shape index (κ1) is 30.2. The molecular weight excluding hydrogens is 496 g/mol. The van der Waals surface area contributed by atoms with Crippen LogP contribution in [0.3, 0.4) is 0 Å². The van der Waals surface area contributed by atoms with Crippen molar-refractivity contribution in [2.24, 2.45) is 11.8 Å². The van der Waals surface area contributed by atoms with Crippen molar-refractivity contribution in [1.82, 2.24) is 0 Å². The molecule has 0 atom stereocenters. The second kappa shape index (κ2) is 16.6. The van der Waals surface area contributed by atoms with E-state index in [2.05, 4.69) is 6.92 Å². The average molecular weight is 539 g/mol. The van der Waals surface area contributed by atoms with E-state index in [1.54, 1.807) is 36.4 Å². The van der Waals surface area contributed by atoms with Crippen molar-refractivity contribution in [2.75, 3.05) is 20.3 Å². The van der Waals surface area contributed by atoms with Crippen LogP contribution in [0.25, 0.3) is 0 Å². The normalized spacial score (nSPS) is 16.8. The number of rotatable bonds is 15. The molecule has 0 bridgehead atoms. The lowest BCUT2D eigenvalue weighted by molar-refractivity contribution is -0.149. The zero-order valence-electron chi connectivity index (χ0n) is 23.3. The quantitative estimate of drug-likeness (QED) is 0.141. The number of benzene rings is 2. The van der Waals surface area contributed by atoms with Gasteiger partial charge in [-0.1, -0.05) is 51.2 Å². The summed E-state index contributed by atoms with van der Waals surface area (Å²) in [4.78, 5) is 36.6. The maximum absolute atomic E-state index is 12.5. The molecular formula is C32H42O7. The highest BCUT2D eigenvalue weighted by molar-refractivity contribution is 5.89. The van der Waals surface area contributed by atoms with Crippen LogP contribution in [0.15, 0.2) is 48.5 Å². The zero-order valence-corrected chi connectivity index (χ0v) is 23.3. The fraction of sp³-hybridized carbons (Fsp3) is 0.531. The Labute approximate surface area is 232 Å². The minimum absolute atomic E-state index is 0.125. The molecule has 0 N–H and O–H groups in total. The number of hydrogen-bond acceptors (Lipinski definition) is 7. The Hall–Kier alpha value is -3.35. The van der Waals surface area contributed by atoms with Gasteiger partial charge in [0.2, 0.25) is 0 Å². The predicted octanol–water partition coefficient (Wildman–Crippen LogP) is 6.71. The van der Waals surface area contributed by atoms with E-state index in [4.69, 9.17) is 18.9 Å². The van der Waals surface area contributed by atoms with Gasteiger partial charge in [0.05, 0.1) is 37.7 Å². The van der Waals surface area contributed by atoms with Crippen molar-refractivity contribution in [3.8, 4) is 11.5 Å². The molecule has 3 rings (SSSR count). The number of esters is 3. The molecule has 1 fully saturated rings. The topological polar surface area (TPSA) is 88.1 Å². The van der Waals surface area contributed by atoms with Gasteiger partial charge >= 0.3 is 17.9 Å². The summed E-state index contributed by atoms with van der Waals surface area (Å²) in [5.74, 6) is 0.0735. The monoisotopic (exact) mass is 538 g/mol. The van der Waals surface area contributed by atoms with Gasteiger partial charge < -0.3 is 18.9 Å². The molecule has 0 aliphatic heterocycles. The maximum atomic E-state index is 12.5. The molecule has 0 aromatic heterocycles. The first-order valence-electron chi connectivity index (χ1n) is 14.3. The molecule has 39 heavy (non-hydrogen) atoms. The van der Waals surface area contributed by atoms with E-state index in [9.17, 15) is 14.4 Å². The SMILES string of the molecule is CCCCCCCCOc1ccc(C(=O)OCCc2ccc(OC(=O)C3CCC(C(=O)OC)CC3)cc2)cc1. The van der Waals surface area contributed by atoms with E-state index in [-0.39, 0.29) is 36.4 Å². The van der Waals surface area contributed by atoms with Gasteiger partial charge in [-0.25, -0.2) is 4.79 Å². The van der Waals surface area contributed by atoms with Gasteiger partial charge in [0, 0.05) is 6.42 Å². The summed E-state index contributed by atoms with van der Waals surface area (Å²) < 4.78 is 21.5. The first-order valence-corrected chi connectivity index (χ1v) is 14.3. The van der Waals surface area contributed by atoms with E-state index < -0.39 is 0 Å². The summed E-state index contributed by atoms with van der Waals surface area (Å²) in [5.41, 5.74) is 1.46. The highest BCUT2D eigenvalue weighted by Gasteiger charge is 2.31. The largest absolute Gasteiger partial charge is 0.494 e. The molecule has 0 radical (unpaired) electrons. The van der Waals surface area contributed by atoms with Gasteiger partial charge in [0.25, 0.3) is 0 Å². The predicted molar refractivity (Wildman–Crippen MR) is 149 cm³/mol. The standard InChI is InChI=1S/C32H42O7/c1-3-4-5-6-7-8-22-37-28-19-15-26(16-20-28)31(34)38-23-21-24-9-17-29(18-10-24)39-32(35)27-13-11-25(12-14-27)30(33)36-2/h9-10,15-20,25,27H,3-8,11-14,21-23H2,1-2H3. The fourth-order valence-electron chi connectivity index (χ4n) is 4.76. The van der Waals surface area contributed by atoms with Gasteiger partial charge in [-0.2, -0.15) is 0 Å². The van der Waals surface area contributed by atoms with Crippen LogP contribution in [0.1, 0.15) is 87.1 Å². The van der Waals surface area contributed by atoms with Gasteiger partial charge in [0.1, 0.15) is 11.5 Å². The van der Waals surface area contributed by atoms with Crippen LogP contribution < -0.4 is 9.47 Å². The highest BCUT2D eigenvalue weighted by atomic mass is 16.5. The summed E-state index contributed by atoms with van der Waals surface area (Å²) >= 11 is 0. The van der Waals surface area contributed by atoms with Crippen molar-refractivity contribution >= 4 is 17.9 Å². The van der Waals surface area contributed by atoms with Crippen LogP contribution in [0.4, 0.5) is 0 Å². The third-order valence-corrected chi connectivity index (χ3v) is 7.22. The van der Waals surface area contributed by atoms with Crippen LogP contribution in [0.5, 0.6) is 11.5 Å². The summed E-state index contributed by atoms with van der Waals surface area (Å²) in [7, 11) is 1.39. The van der Waals surface area contributed by atoms with Crippen molar-refractivity contribution in [2.45, 2.75) is 77.6 Å².